The molecule has 5 nitrogen and oxygen atoms in total. The van der Waals surface area contributed by atoms with E-state index in [0.29, 0.717) is 6.54 Å². The number of carbonyl (C=O) groups is 1. The number of thiazole rings is 1. The molecule has 2 rings (SSSR count). The quantitative estimate of drug-likeness (QED) is 0.906. The van der Waals surface area contributed by atoms with Crippen molar-refractivity contribution in [1.29, 1.82) is 0 Å². The summed E-state index contributed by atoms with van der Waals surface area (Å²) in [7, 11) is 0. The van der Waals surface area contributed by atoms with Gasteiger partial charge >= 0.3 is 0 Å². The SMILES string of the molecule is Cc1csc(N2CCN(C(=O)C(C)CN)CC2)n1.Cl.Cl. The number of aromatic nitrogens is 1. The molecule has 1 aromatic rings. The summed E-state index contributed by atoms with van der Waals surface area (Å²) < 4.78 is 0. The van der Waals surface area contributed by atoms with Crippen molar-refractivity contribution in [3.05, 3.63) is 11.1 Å². The summed E-state index contributed by atoms with van der Waals surface area (Å²) >= 11 is 1.67. The van der Waals surface area contributed by atoms with Gasteiger partial charge in [-0.3, -0.25) is 4.79 Å². The normalized spacial score (nSPS) is 16.1. The first kappa shape index (κ1) is 19.4. The molecule has 1 fully saturated rings. The molecule has 1 aliphatic rings. The van der Waals surface area contributed by atoms with Gasteiger partial charge in [-0.25, -0.2) is 4.98 Å². The van der Waals surface area contributed by atoms with E-state index in [0.717, 1.165) is 37.0 Å². The molecule has 1 aliphatic heterocycles. The number of anilines is 1. The smallest absolute Gasteiger partial charge is 0.226 e. The molecule has 1 aromatic heterocycles. The van der Waals surface area contributed by atoms with Crippen LogP contribution in [0.5, 0.6) is 0 Å². The molecule has 0 radical (unpaired) electrons. The molecule has 0 saturated carbocycles. The van der Waals surface area contributed by atoms with Crippen LogP contribution in [-0.4, -0.2) is 48.5 Å². The largest absolute Gasteiger partial charge is 0.345 e. The van der Waals surface area contributed by atoms with Crippen LogP contribution in [-0.2, 0) is 4.79 Å². The van der Waals surface area contributed by atoms with Crippen molar-refractivity contribution in [2.75, 3.05) is 37.6 Å². The lowest BCUT2D eigenvalue weighted by Gasteiger charge is -2.35. The van der Waals surface area contributed by atoms with Crippen LogP contribution in [0.1, 0.15) is 12.6 Å². The van der Waals surface area contributed by atoms with E-state index >= 15 is 0 Å². The molecular formula is C12H22Cl2N4OS. The molecule has 0 spiro atoms. The van der Waals surface area contributed by atoms with Crippen molar-refractivity contribution in [2.45, 2.75) is 13.8 Å². The van der Waals surface area contributed by atoms with Crippen molar-refractivity contribution in [3.63, 3.8) is 0 Å². The second-order valence-corrected chi connectivity index (χ2v) is 5.56. The topological polar surface area (TPSA) is 62.5 Å². The molecule has 2 N–H and O–H groups in total. The minimum absolute atomic E-state index is 0. The Labute approximate surface area is 136 Å². The maximum Gasteiger partial charge on any atom is 0.226 e. The van der Waals surface area contributed by atoms with Crippen LogP contribution in [0, 0.1) is 12.8 Å². The lowest BCUT2D eigenvalue weighted by Crippen LogP contribution is -2.50. The summed E-state index contributed by atoms with van der Waals surface area (Å²) in [6.45, 7) is 7.56. The Morgan fingerprint density at radius 3 is 2.45 bits per heavy atom. The molecule has 116 valence electrons. The highest BCUT2D eigenvalue weighted by Gasteiger charge is 2.25. The lowest BCUT2D eigenvalue weighted by atomic mass is 10.1. The fraction of sp³-hybridized carbons (Fsp3) is 0.667. The van der Waals surface area contributed by atoms with Crippen LogP contribution in [0.2, 0.25) is 0 Å². The third-order valence-corrected chi connectivity index (χ3v) is 4.26. The zero-order valence-electron chi connectivity index (χ0n) is 11.7. The van der Waals surface area contributed by atoms with Crippen LogP contribution >= 0.6 is 36.2 Å². The van der Waals surface area contributed by atoms with Crippen LogP contribution in [0.25, 0.3) is 0 Å². The second kappa shape index (κ2) is 8.67. The summed E-state index contributed by atoms with van der Waals surface area (Å²) in [4.78, 5) is 20.6. The minimum Gasteiger partial charge on any atom is -0.345 e. The first-order chi connectivity index (χ1) is 8.61. The van der Waals surface area contributed by atoms with Gasteiger partial charge in [-0.1, -0.05) is 6.92 Å². The molecule has 0 bridgehead atoms. The van der Waals surface area contributed by atoms with E-state index in [1.165, 1.54) is 0 Å². The predicted octanol–water partition coefficient (Wildman–Crippen LogP) is 1.54. The van der Waals surface area contributed by atoms with Gasteiger partial charge in [0, 0.05) is 44.0 Å². The number of piperazine rings is 1. The third kappa shape index (κ3) is 4.48. The number of hydrogen-bond acceptors (Lipinski definition) is 5. The van der Waals surface area contributed by atoms with Gasteiger partial charge in [-0.05, 0) is 6.92 Å². The molecular weight excluding hydrogens is 319 g/mol. The van der Waals surface area contributed by atoms with Crippen LogP contribution in [0.15, 0.2) is 5.38 Å². The number of nitrogens with two attached hydrogens (primary N) is 1. The van der Waals surface area contributed by atoms with Gasteiger partial charge in [-0.15, -0.1) is 36.2 Å². The van der Waals surface area contributed by atoms with Crippen molar-refractivity contribution in [1.82, 2.24) is 9.88 Å². The van der Waals surface area contributed by atoms with Crippen molar-refractivity contribution < 1.29 is 4.79 Å². The Morgan fingerprint density at radius 2 is 2.00 bits per heavy atom. The number of amides is 1. The fourth-order valence-electron chi connectivity index (χ4n) is 2.02. The number of carbonyl (C=O) groups excluding carboxylic acids is 1. The van der Waals surface area contributed by atoms with Gasteiger partial charge in [0.15, 0.2) is 5.13 Å². The number of nitrogens with zero attached hydrogens (tertiary/aromatic N) is 3. The van der Waals surface area contributed by atoms with E-state index in [-0.39, 0.29) is 36.6 Å². The molecule has 20 heavy (non-hydrogen) atoms. The number of halogens is 2. The standard InChI is InChI=1S/C12H20N4OS.2ClH/c1-9(7-13)11(17)15-3-5-16(6-4-15)12-14-10(2)8-18-12;;/h8-9H,3-7,13H2,1-2H3;2*1H. The molecule has 0 aliphatic carbocycles. The molecule has 1 amide bonds. The fourth-order valence-corrected chi connectivity index (χ4v) is 2.87. The minimum atomic E-state index is -0.0707. The highest BCUT2D eigenvalue weighted by atomic mass is 35.5. The summed E-state index contributed by atoms with van der Waals surface area (Å²) in [6.07, 6.45) is 0. The molecule has 2 heterocycles. The lowest BCUT2D eigenvalue weighted by molar-refractivity contribution is -0.134. The van der Waals surface area contributed by atoms with E-state index in [2.05, 4.69) is 15.3 Å². The maximum atomic E-state index is 12.0. The van der Waals surface area contributed by atoms with Crippen molar-refractivity contribution in [3.8, 4) is 0 Å². The summed E-state index contributed by atoms with van der Waals surface area (Å²) in [6, 6.07) is 0. The van der Waals surface area contributed by atoms with Gasteiger partial charge in [0.25, 0.3) is 0 Å². The highest BCUT2D eigenvalue weighted by Crippen LogP contribution is 2.21. The Kier molecular flexibility index (Phi) is 8.42. The van der Waals surface area contributed by atoms with E-state index < -0.39 is 0 Å². The van der Waals surface area contributed by atoms with E-state index in [1.54, 1.807) is 11.3 Å². The van der Waals surface area contributed by atoms with Crippen molar-refractivity contribution >= 4 is 47.2 Å². The first-order valence-electron chi connectivity index (χ1n) is 6.27. The summed E-state index contributed by atoms with van der Waals surface area (Å²) in [5.41, 5.74) is 6.59. The van der Waals surface area contributed by atoms with Crippen LogP contribution < -0.4 is 10.6 Å². The Balaban J connectivity index is 0.00000180. The van der Waals surface area contributed by atoms with Gasteiger partial charge in [0.1, 0.15) is 0 Å². The number of hydrogen-bond donors (Lipinski definition) is 1. The van der Waals surface area contributed by atoms with Crippen molar-refractivity contribution in [2.24, 2.45) is 11.7 Å². The van der Waals surface area contributed by atoms with Crippen LogP contribution in [0.3, 0.4) is 0 Å². The monoisotopic (exact) mass is 340 g/mol. The van der Waals surface area contributed by atoms with E-state index in [9.17, 15) is 4.79 Å². The second-order valence-electron chi connectivity index (χ2n) is 4.72. The zero-order valence-corrected chi connectivity index (χ0v) is 14.2. The predicted molar refractivity (Wildman–Crippen MR) is 88.4 cm³/mol. The van der Waals surface area contributed by atoms with Gasteiger partial charge in [-0.2, -0.15) is 0 Å². The highest BCUT2D eigenvalue weighted by molar-refractivity contribution is 7.13. The Hall–Kier alpha value is -0.560. The molecule has 1 saturated heterocycles. The molecule has 8 heteroatoms. The van der Waals surface area contributed by atoms with Gasteiger partial charge < -0.3 is 15.5 Å². The zero-order chi connectivity index (χ0) is 13.1. The molecule has 1 unspecified atom stereocenters. The van der Waals surface area contributed by atoms with Crippen LogP contribution in [0.4, 0.5) is 5.13 Å². The average molecular weight is 341 g/mol. The van der Waals surface area contributed by atoms with E-state index in [4.69, 9.17) is 5.73 Å². The van der Waals surface area contributed by atoms with E-state index in [1.807, 2.05) is 18.7 Å². The molecule has 1 atom stereocenters. The molecule has 0 aromatic carbocycles. The van der Waals surface area contributed by atoms with Gasteiger partial charge in [0.2, 0.25) is 5.91 Å². The number of rotatable bonds is 3. The third-order valence-electron chi connectivity index (χ3n) is 3.24. The number of aryl methyl sites for hydroxylation is 1. The first-order valence-corrected chi connectivity index (χ1v) is 7.15. The summed E-state index contributed by atoms with van der Waals surface area (Å²) in [5.74, 6) is 0.103. The Bertz CT molecular complexity index is 421. The van der Waals surface area contributed by atoms with Gasteiger partial charge in [0.05, 0.1) is 5.69 Å². The average Bonchev–Trinajstić information content (AvgIpc) is 2.84. The summed E-state index contributed by atoms with van der Waals surface area (Å²) in [5, 5.41) is 3.12. The Morgan fingerprint density at radius 1 is 1.40 bits per heavy atom. The maximum absolute atomic E-state index is 12.0.